The fourth-order valence-electron chi connectivity index (χ4n) is 1.01. The van der Waals surface area contributed by atoms with Crippen LogP contribution in [0.1, 0.15) is 6.42 Å². The summed E-state index contributed by atoms with van der Waals surface area (Å²) in [6.07, 6.45) is 0.138. The van der Waals surface area contributed by atoms with Crippen molar-refractivity contribution in [1.29, 1.82) is 5.26 Å². The van der Waals surface area contributed by atoms with Crippen molar-refractivity contribution < 1.29 is 18.0 Å². The molecule has 0 aromatic rings. The van der Waals surface area contributed by atoms with Crippen molar-refractivity contribution in [2.75, 3.05) is 39.2 Å². The molecule has 2 amide bonds. The first-order valence-corrected chi connectivity index (χ1v) is 7.03. The van der Waals surface area contributed by atoms with Crippen molar-refractivity contribution in [2.45, 2.75) is 6.42 Å². The maximum absolute atomic E-state index is 11.6. The zero-order valence-electron chi connectivity index (χ0n) is 10.7. The predicted molar refractivity (Wildman–Crippen MR) is 65.2 cm³/mol. The van der Waals surface area contributed by atoms with Gasteiger partial charge in [-0.05, 0) is 0 Å². The molecule has 18 heavy (non-hydrogen) atoms. The van der Waals surface area contributed by atoms with E-state index in [4.69, 9.17) is 5.26 Å². The topological polar surface area (TPSA) is 98.6 Å². The van der Waals surface area contributed by atoms with Crippen molar-refractivity contribution in [2.24, 2.45) is 0 Å². The van der Waals surface area contributed by atoms with Gasteiger partial charge in [0.2, 0.25) is 11.8 Å². The molecule has 0 rings (SSSR count). The van der Waals surface area contributed by atoms with Gasteiger partial charge in [0, 0.05) is 27.7 Å². The lowest BCUT2D eigenvalue weighted by atomic mass is 10.4. The number of nitriles is 1. The highest BCUT2D eigenvalue weighted by molar-refractivity contribution is 7.92. The van der Waals surface area contributed by atoms with Crippen LogP contribution in [0.25, 0.3) is 0 Å². The molecular weight excluding hydrogens is 258 g/mol. The summed E-state index contributed by atoms with van der Waals surface area (Å²) in [4.78, 5) is 25.1. The van der Waals surface area contributed by atoms with Crippen LogP contribution in [0.2, 0.25) is 0 Å². The van der Waals surface area contributed by atoms with E-state index in [0.717, 1.165) is 4.90 Å². The van der Waals surface area contributed by atoms with Gasteiger partial charge in [0.05, 0.1) is 12.5 Å². The second-order valence-corrected chi connectivity index (χ2v) is 6.11. The molecule has 0 N–H and O–H groups in total. The van der Waals surface area contributed by atoms with E-state index in [1.807, 2.05) is 6.07 Å². The molecule has 7 nitrogen and oxygen atoms in total. The third-order valence-electron chi connectivity index (χ3n) is 2.17. The molecule has 0 aliphatic heterocycles. The van der Waals surface area contributed by atoms with Crippen LogP contribution in [-0.2, 0) is 19.4 Å². The minimum absolute atomic E-state index is 0.138. The Hall–Kier alpha value is -1.62. The number of sulfone groups is 1. The third-order valence-corrected chi connectivity index (χ3v) is 3.54. The Morgan fingerprint density at radius 3 is 2.06 bits per heavy atom. The van der Waals surface area contributed by atoms with Crippen molar-refractivity contribution >= 4 is 21.7 Å². The average Bonchev–Trinajstić information content (AvgIpc) is 2.24. The number of nitrogens with zero attached hydrogens (tertiary/aromatic N) is 3. The molecule has 0 bridgehead atoms. The van der Waals surface area contributed by atoms with Gasteiger partial charge in [-0.25, -0.2) is 8.42 Å². The maximum Gasteiger partial charge on any atom is 0.237 e. The SMILES string of the molecule is CN(C)C(=O)CS(=O)(=O)CC(=O)N(C)CCC#N. The van der Waals surface area contributed by atoms with E-state index in [-0.39, 0.29) is 13.0 Å². The van der Waals surface area contributed by atoms with Crippen LogP contribution >= 0.6 is 0 Å². The van der Waals surface area contributed by atoms with E-state index in [1.165, 1.54) is 26.0 Å². The minimum atomic E-state index is -3.76. The van der Waals surface area contributed by atoms with E-state index in [0.29, 0.717) is 0 Å². The third kappa shape index (κ3) is 6.20. The summed E-state index contributed by atoms with van der Waals surface area (Å²) in [5.41, 5.74) is 0. The van der Waals surface area contributed by atoms with Gasteiger partial charge in [-0.2, -0.15) is 5.26 Å². The van der Waals surface area contributed by atoms with Gasteiger partial charge < -0.3 is 9.80 Å². The monoisotopic (exact) mass is 275 g/mol. The van der Waals surface area contributed by atoms with Crippen LogP contribution < -0.4 is 0 Å². The first-order valence-electron chi connectivity index (χ1n) is 5.21. The average molecular weight is 275 g/mol. The number of hydrogen-bond acceptors (Lipinski definition) is 5. The second kappa shape index (κ2) is 6.96. The van der Waals surface area contributed by atoms with Gasteiger partial charge in [0.25, 0.3) is 0 Å². The van der Waals surface area contributed by atoms with Gasteiger partial charge in [0.15, 0.2) is 9.84 Å². The van der Waals surface area contributed by atoms with E-state index < -0.39 is 33.2 Å². The lowest BCUT2D eigenvalue weighted by molar-refractivity contribution is -0.127. The Morgan fingerprint density at radius 1 is 1.11 bits per heavy atom. The summed E-state index contributed by atoms with van der Waals surface area (Å²) in [5.74, 6) is -2.58. The van der Waals surface area contributed by atoms with Crippen molar-refractivity contribution in [1.82, 2.24) is 9.80 Å². The van der Waals surface area contributed by atoms with Crippen LogP contribution in [0.4, 0.5) is 0 Å². The molecule has 0 fully saturated rings. The summed E-state index contributed by atoms with van der Waals surface area (Å²) in [7, 11) is 0.546. The quantitative estimate of drug-likeness (QED) is 0.610. The van der Waals surface area contributed by atoms with E-state index in [2.05, 4.69) is 0 Å². The van der Waals surface area contributed by atoms with Crippen LogP contribution in [-0.4, -0.2) is 69.2 Å². The van der Waals surface area contributed by atoms with Gasteiger partial charge in [-0.15, -0.1) is 0 Å². The highest BCUT2D eigenvalue weighted by atomic mass is 32.2. The number of amides is 2. The normalized spacial score (nSPS) is 10.6. The van der Waals surface area contributed by atoms with Crippen LogP contribution in [0.15, 0.2) is 0 Å². The first-order chi connectivity index (χ1) is 8.19. The molecule has 0 atom stereocenters. The fraction of sp³-hybridized carbons (Fsp3) is 0.700. The number of rotatable bonds is 6. The molecule has 8 heteroatoms. The number of carbonyl (C=O) groups excluding carboxylic acids is 2. The summed E-state index contributed by atoms with van der Waals surface area (Å²) in [5, 5.41) is 8.35. The molecule has 0 aromatic carbocycles. The Morgan fingerprint density at radius 2 is 1.61 bits per heavy atom. The zero-order chi connectivity index (χ0) is 14.3. The highest BCUT2D eigenvalue weighted by Gasteiger charge is 2.23. The molecule has 0 aromatic heterocycles. The summed E-state index contributed by atoms with van der Waals surface area (Å²) >= 11 is 0. The largest absolute Gasteiger partial charge is 0.348 e. The predicted octanol–water partition coefficient (Wildman–Crippen LogP) is -1.14. The molecule has 0 unspecified atom stereocenters. The molecule has 0 heterocycles. The Bertz CT molecular complexity index is 450. The van der Waals surface area contributed by atoms with Crippen LogP contribution in [0.5, 0.6) is 0 Å². The van der Waals surface area contributed by atoms with Crippen LogP contribution in [0, 0.1) is 11.3 Å². The summed E-state index contributed by atoms with van der Waals surface area (Å²) in [6, 6.07) is 1.86. The van der Waals surface area contributed by atoms with Crippen molar-refractivity contribution in [3.63, 3.8) is 0 Å². The minimum Gasteiger partial charge on any atom is -0.348 e. The zero-order valence-corrected chi connectivity index (χ0v) is 11.5. The van der Waals surface area contributed by atoms with Gasteiger partial charge in [-0.1, -0.05) is 0 Å². The molecular formula is C10H17N3O4S. The van der Waals surface area contributed by atoms with E-state index in [9.17, 15) is 18.0 Å². The molecule has 0 saturated carbocycles. The van der Waals surface area contributed by atoms with Gasteiger partial charge in [0.1, 0.15) is 11.5 Å². The standard InChI is InChI=1S/C10H17N3O4S/c1-12(2)9(14)7-18(16,17)8-10(15)13(3)6-4-5-11/h4,6-8H2,1-3H3. The maximum atomic E-state index is 11.6. The molecule has 0 aliphatic carbocycles. The molecule has 0 spiro atoms. The second-order valence-electron chi connectivity index (χ2n) is 4.04. The Labute approximate surface area is 107 Å². The number of carbonyl (C=O) groups is 2. The van der Waals surface area contributed by atoms with E-state index in [1.54, 1.807) is 0 Å². The fourth-order valence-corrected chi connectivity index (χ4v) is 2.34. The lowest BCUT2D eigenvalue weighted by Gasteiger charge is -2.16. The highest BCUT2D eigenvalue weighted by Crippen LogP contribution is 1.97. The number of hydrogen-bond donors (Lipinski definition) is 0. The Kier molecular flexibility index (Phi) is 6.33. The van der Waals surface area contributed by atoms with Crippen LogP contribution in [0.3, 0.4) is 0 Å². The summed E-state index contributed by atoms with van der Waals surface area (Å²) < 4.78 is 23.1. The molecule has 102 valence electrons. The van der Waals surface area contributed by atoms with Crippen molar-refractivity contribution in [3.05, 3.63) is 0 Å². The lowest BCUT2D eigenvalue weighted by Crippen LogP contribution is -2.37. The first kappa shape index (κ1) is 16.4. The molecule has 0 aliphatic rings. The van der Waals surface area contributed by atoms with E-state index >= 15 is 0 Å². The molecule has 0 saturated heterocycles. The molecule has 0 radical (unpaired) electrons. The smallest absolute Gasteiger partial charge is 0.237 e. The van der Waals surface area contributed by atoms with Crippen molar-refractivity contribution in [3.8, 4) is 6.07 Å². The summed E-state index contributed by atoms with van der Waals surface area (Å²) in [6.45, 7) is 0.173. The van der Waals surface area contributed by atoms with Gasteiger partial charge in [-0.3, -0.25) is 9.59 Å². The Balaban J connectivity index is 4.46. The van der Waals surface area contributed by atoms with Gasteiger partial charge >= 0.3 is 0 Å².